The van der Waals surface area contributed by atoms with E-state index < -0.39 is 5.60 Å². The molecule has 3 nitrogen and oxygen atoms in total. The van der Waals surface area contributed by atoms with Crippen molar-refractivity contribution in [3.63, 3.8) is 0 Å². The van der Waals surface area contributed by atoms with Gasteiger partial charge in [-0.25, -0.2) is 4.39 Å². The molecular weight excluding hydrogens is 269 g/mol. The van der Waals surface area contributed by atoms with Gasteiger partial charge in [0.05, 0.1) is 5.60 Å². The first-order chi connectivity index (χ1) is 10.2. The second kappa shape index (κ2) is 5.84. The number of hydrogen-bond acceptors (Lipinski definition) is 3. The normalized spacial score (nSPS) is 17.4. The molecule has 4 heteroatoms. The molecule has 0 bridgehead atoms. The highest BCUT2D eigenvalue weighted by Gasteiger charge is 2.33. The van der Waals surface area contributed by atoms with Crippen molar-refractivity contribution in [2.75, 3.05) is 13.1 Å². The quantitative estimate of drug-likeness (QED) is 0.911. The van der Waals surface area contributed by atoms with Crippen LogP contribution in [-0.4, -0.2) is 18.2 Å². The van der Waals surface area contributed by atoms with Gasteiger partial charge in [0.2, 0.25) is 0 Å². The Bertz CT molecular complexity index is 606. The zero-order chi connectivity index (χ0) is 14.7. The number of hydrogen-bond donors (Lipinski definition) is 2. The molecule has 1 heterocycles. The number of benzene rings is 2. The summed E-state index contributed by atoms with van der Waals surface area (Å²) in [5.41, 5.74) is -0.0853. The number of ether oxygens (including phenoxy) is 1. The second-order valence-electron chi connectivity index (χ2n) is 5.33. The number of para-hydroxylation sites is 1. The van der Waals surface area contributed by atoms with E-state index in [1.165, 1.54) is 12.1 Å². The Morgan fingerprint density at radius 3 is 2.38 bits per heavy atom. The van der Waals surface area contributed by atoms with Crippen LogP contribution in [0.3, 0.4) is 0 Å². The van der Waals surface area contributed by atoms with Crippen LogP contribution < -0.4 is 10.1 Å². The number of nitrogens with one attached hydrogen (secondary N) is 1. The number of halogens is 1. The zero-order valence-corrected chi connectivity index (χ0v) is 11.7. The standard InChI is InChI=1S/C17H18FNO2/c18-13-5-7-14(8-6-13)21-16-4-2-1-3-15(16)17(20)9-11-19-12-10-17/h1-8,19-20H,9-12H2. The Kier molecular flexibility index (Phi) is 3.90. The maximum Gasteiger partial charge on any atom is 0.133 e. The summed E-state index contributed by atoms with van der Waals surface area (Å²) in [6, 6.07) is 13.4. The Morgan fingerprint density at radius 2 is 1.67 bits per heavy atom. The van der Waals surface area contributed by atoms with Crippen LogP contribution in [-0.2, 0) is 5.60 Å². The molecule has 0 aromatic heterocycles. The van der Waals surface area contributed by atoms with Crippen LogP contribution in [0.25, 0.3) is 0 Å². The molecule has 1 aliphatic rings. The van der Waals surface area contributed by atoms with Crippen LogP contribution in [0.1, 0.15) is 18.4 Å². The second-order valence-corrected chi connectivity index (χ2v) is 5.33. The maximum atomic E-state index is 13.0. The average molecular weight is 287 g/mol. The lowest BCUT2D eigenvalue weighted by Crippen LogP contribution is -2.39. The zero-order valence-electron chi connectivity index (χ0n) is 11.7. The van der Waals surface area contributed by atoms with E-state index in [2.05, 4.69) is 5.32 Å². The molecule has 2 N–H and O–H groups in total. The van der Waals surface area contributed by atoms with Gasteiger partial charge in [0.1, 0.15) is 17.3 Å². The lowest BCUT2D eigenvalue weighted by atomic mass is 9.84. The van der Waals surface area contributed by atoms with Crippen molar-refractivity contribution in [2.45, 2.75) is 18.4 Å². The van der Waals surface area contributed by atoms with E-state index in [1.54, 1.807) is 12.1 Å². The first kappa shape index (κ1) is 14.0. The van der Waals surface area contributed by atoms with Crippen molar-refractivity contribution in [1.82, 2.24) is 5.32 Å². The van der Waals surface area contributed by atoms with E-state index in [-0.39, 0.29) is 5.82 Å². The predicted octanol–water partition coefficient (Wildman–Crippen LogP) is 3.19. The van der Waals surface area contributed by atoms with Crippen LogP contribution in [0.5, 0.6) is 11.5 Å². The highest BCUT2D eigenvalue weighted by atomic mass is 19.1. The van der Waals surface area contributed by atoms with E-state index in [1.807, 2.05) is 24.3 Å². The fraction of sp³-hybridized carbons (Fsp3) is 0.294. The molecule has 1 aliphatic heterocycles. The minimum absolute atomic E-state index is 0.299. The molecule has 1 fully saturated rings. The van der Waals surface area contributed by atoms with E-state index >= 15 is 0 Å². The van der Waals surface area contributed by atoms with Crippen molar-refractivity contribution < 1.29 is 14.2 Å². The van der Waals surface area contributed by atoms with Gasteiger partial charge in [-0.2, -0.15) is 0 Å². The smallest absolute Gasteiger partial charge is 0.133 e. The van der Waals surface area contributed by atoms with E-state index in [4.69, 9.17) is 4.74 Å². The topological polar surface area (TPSA) is 41.5 Å². The highest BCUT2D eigenvalue weighted by molar-refractivity contribution is 5.41. The Hall–Kier alpha value is -1.91. The number of piperidine rings is 1. The van der Waals surface area contributed by atoms with Gasteiger partial charge in [0.15, 0.2) is 0 Å². The molecule has 0 atom stereocenters. The van der Waals surface area contributed by atoms with Gasteiger partial charge in [-0.15, -0.1) is 0 Å². The molecule has 1 saturated heterocycles. The molecule has 2 aromatic rings. The van der Waals surface area contributed by atoms with Crippen LogP contribution in [0.4, 0.5) is 4.39 Å². The summed E-state index contributed by atoms with van der Waals surface area (Å²) >= 11 is 0. The molecule has 0 amide bonds. The van der Waals surface area contributed by atoms with Gasteiger partial charge in [-0.1, -0.05) is 18.2 Å². The summed E-state index contributed by atoms with van der Waals surface area (Å²) < 4.78 is 18.8. The molecular formula is C17H18FNO2. The largest absolute Gasteiger partial charge is 0.457 e. The molecule has 2 aromatic carbocycles. The monoisotopic (exact) mass is 287 g/mol. The molecule has 0 aliphatic carbocycles. The summed E-state index contributed by atoms with van der Waals surface area (Å²) in [5.74, 6) is 0.877. The van der Waals surface area contributed by atoms with Gasteiger partial charge < -0.3 is 15.2 Å². The lowest BCUT2D eigenvalue weighted by Gasteiger charge is -2.34. The van der Waals surface area contributed by atoms with Crippen LogP contribution in [0.2, 0.25) is 0 Å². The fourth-order valence-corrected chi connectivity index (χ4v) is 2.68. The SMILES string of the molecule is OC1(c2ccccc2Oc2ccc(F)cc2)CCNCC1. The maximum absolute atomic E-state index is 13.0. The molecule has 3 rings (SSSR count). The summed E-state index contributed by atoms with van der Waals surface area (Å²) in [4.78, 5) is 0. The molecule has 0 radical (unpaired) electrons. The van der Waals surface area contributed by atoms with Crippen LogP contribution >= 0.6 is 0 Å². The minimum atomic E-state index is -0.873. The van der Waals surface area contributed by atoms with Crippen LogP contribution in [0, 0.1) is 5.82 Å². The molecule has 110 valence electrons. The Labute approximate surface area is 123 Å². The van der Waals surface area contributed by atoms with Gasteiger partial charge in [0.25, 0.3) is 0 Å². The van der Waals surface area contributed by atoms with Crippen molar-refractivity contribution >= 4 is 0 Å². The van der Waals surface area contributed by atoms with Crippen molar-refractivity contribution in [3.8, 4) is 11.5 Å². The van der Waals surface area contributed by atoms with Gasteiger partial charge in [-0.3, -0.25) is 0 Å². The van der Waals surface area contributed by atoms with E-state index in [9.17, 15) is 9.50 Å². The first-order valence-corrected chi connectivity index (χ1v) is 7.13. The highest BCUT2D eigenvalue weighted by Crippen LogP contribution is 2.38. The van der Waals surface area contributed by atoms with E-state index in [0.29, 0.717) is 24.3 Å². The van der Waals surface area contributed by atoms with Gasteiger partial charge in [0, 0.05) is 5.56 Å². The summed E-state index contributed by atoms with van der Waals surface area (Å²) in [5, 5.41) is 14.1. The minimum Gasteiger partial charge on any atom is -0.457 e. The average Bonchev–Trinajstić information content (AvgIpc) is 2.51. The molecule has 0 unspecified atom stereocenters. The summed E-state index contributed by atoms with van der Waals surface area (Å²) in [6.45, 7) is 1.56. The Balaban J connectivity index is 1.90. The molecule has 21 heavy (non-hydrogen) atoms. The summed E-state index contributed by atoms with van der Waals surface area (Å²) in [6.07, 6.45) is 1.30. The lowest BCUT2D eigenvalue weighted by molar-refractivity contribution is 0.00430. The third-order valence-corrected chi connectivity index (χ3v) is 3.86. The molecule has 0 saturated carbocycles. The fourth-order valence-electron chi connectivity index (χ4n) is 2.68. The van der Waals surface area contributed by atoms with Crippen molar-refractivity contribution in [2.24, 2.45) is 0 Å². The van der Waals surface area contributed by atoms with Gasteiger partial charge in [-0.05, 0) is 56.3 Å². The van der Waals surface area contributed by atoms with Crippen molar-refractivity contribution in [1.29, 1.82) is 0 Å². The molecule has 0 spiro atoms. The third kappa shape index (κ3) is 3.06. The van der Waals surface area contributed by atoms with Gasteiger partial charge >= 0.3 is 0 Å². The first-order valence-electron chi connectivity index (χ1n) is 7.13. The Morgan fingerprint density at radius 1 is 1.00 bits per heavy atom. The van der Waals surface area contributed by atoms with Crippen molar-refractivity contribution in [3.05, 3.63) is 59.9 Å². The summed E-state index contributed by atoms with van der Waals surface area (Å²) in [7, 11) is 0. The number of aliphatic hydroxyl groups is 1. The van der Waals surface area contributed by atoms with Crippen LogP contribution in [0.15, 0.2) is 48.5 Å². The predicted molar refractivity (Wildman–Crippen MR) is 78.9 cm³/mol. The van der Waals surface area contributed by atoms with E-state index in [0.717, 1.165) is 18.7 Å². The number of rotatable bonds is 3. The third-order valence-electron chi connectivity index (χ3n) is 3.86.